The monoisotopic (exact) mass is 695 g/mol. The van der Waals surface area contributed by atoms with E-state index in [2.05, 4.69) is 16.0 Å². The summed E-state index contributed by atoms with van der Waals surface area (Å²) < 4.78 is 16.1. The molecule has 0 saturated heterocycles. The van der Waals surface area contributed by atoms with Gasteiger partial charge in [-0.2, -0.15) is 0 Å². The van der Waals surface area contributed by atoms with Crippen molar-refractivity contribution in [1.29, 1.82) is 0 Å². The van der Waals surface area contributed by atoms with Crippen molar-refractivity contribution in [1.82, 2.24) is 5.32 Å². The largest absolute Gasteiger partial charge is 0.497 e. The summed E-state index contributed by atoms with van der Waals surface area (Å²) in [4.78, 5) is 53.0. The minimum atomic E-state index is -0.566. The fraction of sp³-hybridized carbons (Fsp3) is 0.231. The van der Waals surface area contributed by atoms with Crippen LogP contribution in [0.2, 0.25) is 0 Å². The molecule has 0 aliphatic rings. The molecule has 0 aliphatic carbocycles. The van der Waals surface area contributed by atoms with E-state index >= 15 is 0 Å². The van der Waals surface area contributed by atoms with Crippen LogP contribution in [-0.4, -0.2) is 49.8 Å². The zero-order chi connectivity index (χ0) is 35.9. The second kappa shape index (κ2) is 18.8. The van der Waals surface area contributed by atoms with Gasteiger partial charge in [-0.1, -0.05) is 44.5 Å². The van der Waals surface area contributed by atoms with Gasteiger partial charge in [0.1, 0.15) is 17.2 Å². The molecule has 1 atom stereocenters. The summed E-state index contributed by atoms with van der Waals surface area (Å²) >= 11 is 1.35. The molecule has 3 N–H and O–H groups in total. The SMILES string of the molecule is CCCCOC(=O)c1ccc(NC(=O)C(CC)Sc2cccc(NC(=O)/C(=C\c3cc(OC)ccc3OC)NC(=O)c3ccccc3)c2)cc1. The molecular weight excluding hydrogens is 655 g/mol. The number of nitrogens with one attached hydrogen (secondary N) is 3. The van der Waals surface area contributed by atoms with Gasteiger partial charge in [0.05, 0.1) is 31.6 Å². The van der Waals surface area contributed by atoms with Crippen LogP contribution in [0.3, 0.4) is 0 Å². The van der Waals surface area contributed by atoms with Gasteiger partial charge in [-0.3, -0.25) is 14.4 Å². The molecule has 4 aromatic rings. The number of carbonyl (C=O) groups excluding carboxylic acids is 4. The lowest BCUT2D eigenvalue weighted by molar-refractivity contribution is -0.116. The lowest BCUT2D eigenvalue weighted by Crippen LogP contribution is -2.30. The Morgan fingerprint density at radius 1 is 0.780 bits per heavy atom. The number of unbranched alkanes of at least 4 members (excludes halogenated alkanes) is 1. The maximum absolute atomic E-state index is 13.7. The summed E-state index contributed by atoms with van der Waals surface area (Å²) in [5.74, 6) is -0.601. The van der Waals surface area contributed by atoms with Crippen molar-refractivity contribution in [3.8, 4) is 11.5 Å². The van der Waals surface area contributed by atoms with E-state index in [1.54, 1.807) is 91.0 Å². The molecule has 50 heavy (non-hydrogen) atoms. The normalized spacial score (nSPS) is 11.6. The predicted molar refractivity (Wildman–Crippen MR) is 197 cm³/mol. The van der Waals surface area contributed by atoms with Crippen LogP contribution < -0.4 is 25.4 Å². The molecule has 4 rings (SSSR count). The van der Waals surface area contributed by atoms with E-state index in [4.69, 9.17) is 14.2 Å². The fourth-order valence-corrected chi connectivity index (χ4v) is 5.70. The Morgan fingerprint density at radius 2 is 1.54 bits per heavy atom. The Morgan fingerprint density at radius 3 is 2.22 bits per heavy atom. The van der Waals surface area contributed by atoms with Crippen LogP contribution in [0.5, 0.6) is 11.5 Å². The van der Waals surface area contributed by atoms with E-state index in [0.717, 1.165) is 17.7 Å². The Kier molecular flexibility index (Phi) is 14.1. The van der Waals surface area contributed by atoms with E-state index < -0.39 is 23.0 Å². The van der Waals surface area contributed by atoms with Crippen molar-refractivity contribution in [3.05, 3.63) is 119 Å². The molecule has 0 aliphatic heterocycles. The third-order valence-electron chi connectivity index (χ3n) is 7.42. The smallest absolute Gasteiger partial charge is 0.338 e. The molecule has 0 aromatic heterocycles. The molecule has 1 unspecified atom stereocenters. The molecule has 0 bridgehead atoms. The number of amides is 3. The van der Waals surface area contributed by atoms with Gasteiger partial charge in [-0.15, -0.1) is 11.8 Å². The van der Waals surface area contributed by atoms with E-state index in [9.17, 15) is 19.2 Å². The minimum Gasteiger partial charge on any atom is -0.497 e. The molecule has 0 fully saturated rings. The van der Waals surface area contributed by atoms with Crippen LogP contribution in [0.15, 0.2) is 108 Å². The standard InChI is InChI=1S/C39H41N3O7S/c1-5-7-22-49-39(46)27-16-18-29(19-17-27)40-38(45)35(6-2)50-32-15-11-14-30(25-32)41-37(44)33(42-36(43)26-12-9-8-10-13-26)24-28-23-31(47-3)20-21-34(28)48-4/h8-21,23-25,35H,5-7,22H2,1-4H3,(H,40,45)(H,41,44)(H,42,43)/b33-24+. The Bertz CT molecular complexity index is 1810. The van der Waals surface area contributed by atoms with Gasteiger partial charge in [0, 0.05) is 27.4 Å². The molecule has 0 radical (unpaired) electrons. The van der Waals surface area contributed by atoms with Crippen LogP contribution >= 0.6 is 11.8 Å². The van der Waals surface area contributed by atoms with E-state index in [1.807, 2.05) is 19.9 Å². The summed E-state index contributed by atoms with van der Waals surface area (Å²) in [5.41, 5.74) is 2.33. The van der Waals surface area contributed by atoms with Crippen molar-refractivity contribution in [2.45, 2.75) is 43.3 Å². The summed E-state index contributed by atoms with van der Waals surface area (Å²) in [5, 5.41) is 8.08. The first-order chi connectivity index (χ1) is 24.2. The average molecular weight is 696 g/mol. The van der Waals surface area contributed by atoms with Crippen LogP contribution in [0.25, 0.3) is 6.08 Å². The molecule has 4 aromatic carbocycles. The molecule has 0 spiro atoms. The molecule has 0 heterocycles. The summed E-state index contributed by atoms with van der Waals surface area (Å²) in [6.07, 6.45) is 3.80. The third kappa shape index (κ3) is 10.7. The van der Waals surface area contributed by atoms with Crippen molar-refractivity contribution >= 4 is 52.9 Å². The highest BCUT2D eigenvalue weighted by Gasteiger charge is 2.20. The van der Waals surface area contributed by atoms with Gasteiger partial charge in [0.15, 0.2) is 0 Å². The van der Waals surface area contributed by atoms with Crippen molar-refractivity contribution in [2.75, 3.05) is 31.5 Å². The molecule has 0 saturated carbocycles. The summed E-state index contributed by atoms with van der Waals surface area (Å²) in [6.45, 7) is 4.31. The summed E-state index contributed by atoms with van der Waals surface area (Å²) in [6, 6.07) is 27.4. The highest BCUT2D eigenvalue weighted by atomic mass is 32.2. The van der Waals surface area contributed by atoms with Gasteiger partial charge in [-0.05, 0) is 91.7 Å². The number of hydrogen-bond acceptors (Lipinski definition) is 8. The second-order valence-corrected chi connectivity index (χ2v) is 12.3. The van der Waals surface area contributed by atoms with Crippen LogP contribution in [0.1, 0.15) is 59.4 Å². The summed E-state index contributed by atoms with van der Waals surface area (Å²) in [7, 11) is 3.04. The first-order valence-corrected chi connectivity index (χ1v) is 17.1. The minimum absolute atomic E-state index is 0.0190. The zero-order valence-corrected chi connectivity index (χ0v) is 29.3. The number of ether oxygens (including phenoxy) is 3. The fourth-order valence-electron chi connectivity index (χ4n) is 4.69. The average Bonchev–Trinajstić information content (AvgIpc) is 3.14. The van der Waals surface area contributed by atoms with E-state index in [0.29, 0.717) is 52.6 Å². The number of benzene rings is 4. The van der Waals surface area contributed by atoms with E-state index in [1.165, 1.54) is 32.1 Å². The third-order valence-corrected chi connectivity index (χ3v) is 8.78. The van der Waals surface area contributed by atoms with Gasteiger partial charge >= 0.3 is 5.97 Å². The topological polar surface area (TPSA) is 132 Å². The van der Waals surface area contributed by atoms with Gasteiger partial charge in [0.2, 0.25) is 5.91 Å². The predicted octanol–water partition coefficient (Wildman–Crippen LogP) is 7.58. The number of anilines is 2. The Balaban J connectivity index is 1.48. The van der Waals surface area contributed by atoms with Gasteiger partial charge < -0.3 is 30.2 Å². The maximum Gasteiger partial charge on any atom is 0.338 e. The Hall–Kier alpha value is -5.55. The number of methoxy groups -OCH3 is 2. The number of rotatable bonds is 16. The quantitative estimate of drug-likeness (QED) is 0.0473. The highest BCUT2D eigenvalue weighted by Crippen LogP contribution is 2.30. The maximum atomic E-state index is 13.7. The molecule has 3 amide bonds. The number of hydrogen-bond donors (Lipinski definition) is 3. The van der Waals surface area contributed by atoms with Crippen molar-refractivity contribution in [3.63, 3.8) is 0 Å². The Labute approximate surface area is 296 Å². The molecule has 10 nitrogen and oxygen atoms in total. The van der Waals surface area contributed by atoms with Crippen molar-refractivity contribution in [2.24, 2.45) is 0 Å². The van der Waals surface area contributed by atoms with Crippen LogP contribution in [0.4, 0.5) is 11.4 Å². The number of carbonyl (C=O) groups is 4. The van der Waals surface area contributed by atoms with Gasteiger partial charge in [-0.25, -0.2) is 4.79 Å². The van der Waals surface area contributed by atoms with Crippen LogP contribution in [-0.2, 0) is 14.3 Å². The highest BCUT2D eigenvalue weighted by molar-refractivity contribution is 8.00. The molecule has 11 heteroatoms. The number of esters is 1. The second-order valence-electron chi connectivity index (χ2n) is 11.0. The van der Waals surface area contributed by atoms with E-state index in [-0.39, 0.29) is 11.6 Å². The molecule has 260 valence electrons. The van der Waals surface area contributed by atoms with Crippen LogP contribution in [0, 0.1) is 0 Å². The van der Waals surface area contributed by atoms with Crippen molar-refractivity contribution < 1.29 is 33.4 Å². The first kappa shape index (κ1) is 37.3. The first-order valence-electron chi connectivity index (χ1n) is 16.2. The molecular formula is C39H41N3O7S. The lowest BCUT2D eigenvalue weighted by Gasteiger charge is -2.16. The number of thioether (sulfide) groups is 1. The lowest BCUT2D eigenvalue weighted by atomic mass is 10.1. The zero-order valence-electron chi connectivity index (χ0n) is 28.5. The van der Waals surface area contributed by atoms with Gasteiger partial charge in [0.25, 0.3) is 11.8 Å².